The van der Waals surface area contributed by atoms with Crippen LogP contribution in [0.5, 0.6) is 0 Å². The van der Waals surface area contributed by atoms with Crippen molar-refractivity contribution in [1.29, 1.82) is 0 Å². The third-order valence-electron chi connectivity index (χ3n) is 3.14. The average Bonchev–Trinajstić information content (AvgIpc) is 2.53. The molecule has 0 saturated carbocycles. The van der Waals surface area contributed by atoms with Crippen molar-refractivity contribution in [2.24, 2.45) is 5.73 Å². The van der Waals surface area contributed by atoms with Gasteiger partial charge in [-0.2, -0.15) is 0 Å². The Hall–Kier alpha value is -2.48. The molecular formula is C15H20FN3O4. The van der Waals surface area contributed by atoms with Gasteiger partial charge in [-0.15, -0.1) is 0 Å². The first-order valence-electron chi connectivity index (χ1n) is 7.20. The van der Waals surface area contributed by atoms with Crippen LogP contribution in [0.3, 0.4) is 0 Å². The second kappa shape index (κ2) is 9.52. The third-order valence-corrected chi connectivity index (χ3v) is 3.14. The molecule has 0 aliphatic heterocycles. The van der Waals surface area contributed by atoms with Crippen LogP contribution in [0, 0.1) is 5.82 Å². The van der Waals surface area contributed by atoms with Gasteiger partial charge in [-0.05, 0) is 43.5 Å². The van der Waals surface area contributed by atoms with Crippen molar-refractivity contribution in [3.05, 3.63) is 35.6 Å². The molecule has 0 spiro atoms. The Kier molecular flexibility index (Phi) is 7.69. The van der Waals surface area contributed by atoms with Crippen LogP contribution in [-0.4, -0.2) is 42.0 Å². The van der Waals surface area contributed by atoms with E-state index in [0.29, 0.717) is 19.4 Å². The number of halogens is 1. The summed E-state index contributed by atoms with van der Waals surface area (Å²) >= 11 is 0. The molecular weight excluding hydrogens is 305 g/mol. The molecule has 0 radical (unpaired) electrons. The summed E-state index contributed by atoms with van der Waals surface area (Å²) in [5.41, 5.74) is 5.32. The number of aliphatic carboxylic acids is 1. The summed E-state index contributed by atoms with van der Waals surface area (Å²) in [5, 5.41) is 14.1. The lowest BCUT2D eigenvalue weighted by Gasteiger charge is -2.14. The summed E-state index contributed by atoms with van der Waals surface area (Å²) in [7, 11) is 0. The second-order valence-electron chi connectivity index (χ2n) is 4.92. The van der Waals surface area contributed by atoms with E-state index in [1.165, 1.54) is 12.1 Å². The molecule has 126 valence electrons. The summed E-state index contributed by atoms with van der Waals surface area (Å²) in [6.07, 6.45) is 1.30. The van der Waals surface area contributed by atoms with Crippen molar-refractivity contribution in [2.75, 3.05) is 13.1 Å². The number of nitrogens with two attached hydrogens (primary N) is 1. The number of hydrogen-bond acceptors (Lipinski definition) is 4. The molecule has 1 rings (SSSR count). The van der Waals surface area contributed by atoms with Crippen LogP contribution >= 0.6 is 0 Å². The van der Waals surface area contributed by atoms with Crippen molar-refractivity contribution in [3.63, 3.8) is 0 Å². The molecule has 0 fully saturated rings. The van der Waals surface area contributed by atoms with Gasteiger partial charge in [-0.3, -0.25) is 9.59 Å². The van der Waals surface area contributed by atoms with Crippen LogP contribution in [0.4, 0.5) is 4.39 Å². The van der Waals surface area contributed by atoms with Crippen molar-refractivity contribution in [2.45, 2.75) is 25.3 Å². The number of nitrogens with one attached hydrogen (secondary N) is 2. The van der Waals surface area contributed by atoms with Gasteiger partial charge in [0, 0.05) is 12.1 Å². The molecule has 1 atom stereocenters. The fraction of sp³-hybridized carbons (Fsp3) is 0.400. The molecule has 0 aliphatic rings. The summed E-state index contributed by atoms with van der Waals surface area (Å²) in [6, 6.07) is 3.78. The predicted molar refractivity (Wildman–Crippen MR) is 81.2 cm³/mol. The van der Waals surface area contributed by atoms with E-state index in [0.717, 1.165) is 12.1 Å². The number of rotatable bonds is 9. The van der Waals surface area contributed by atoms with Gasteiger partial charge >= 0.3 is 5.97 Å². The Morgan fingerprint density at radius 3 is 2.39 bits per heavy atom. The SMILES string of the molecule is NCC(=O)NCCCC[C@H](NC(=O)c1ccc(F)cc1)C(=O)O. The molecule has 23 heavy (non-hydrogen) atoms. The molecule has 0 saturated heterocycles. The summed E-state index contributed by atoms with van der Waals surface area (Å²) in [6.45, 7) is 0.305. The second-order valence-corrected chi connectivity index (χ2v) is 4.92. The number of carbonyl (C=O) groups is 3. The Balaban J connectivity index is 2.42. The monoisotopic (exact) mass is 325 g/mol. The summed E-state index contributed by atoms with van der Waals surface area (Å²) in [5.74, 6) is -2.47. The molecule has 0 unspecified atom stereocenters. The van der Waals surface area contributed by atoms with Gasteiger partial charge in [0.05, 0.1) is 6.54 Å². The topological polar surface area (TPSA) is 122 Å². The van der Waals surface area contributed by atoms with Gasteiger partial charge in [-0.1, -0.05) is 0 Å². The van der Waals surface area contributed by atoms with E-state index in [1.54, 1.807) is 0 Å². The highest BCUT2D eigenvalue weighted by molar-refractivity contribution is 5.96. The van der Waals surface area contributed by atoms with Gasteiger partial charge < -0.3 is 21.5 Å². The zero-order valence-corrected chi connectivity index (χ0v) is 12.5. The largest absolute Gasteiger partial charge is 0.480 e. The van der Waals surface area contributed by atoms with Crippen molar-refractivity contribution in [1.82, 2.24) is 10.6 Å². The molecule has 8 heteroatoms. The first-order chi connectivity index (χ1) is 10.9. The van der Waals surface area contributed by atoms with Gasteiger partial charge in [0.1, 0.15) is 11.9 Å². The van der Waals surface area contributed by atoms with Crippen LogP contribution in [-0.2, 0) is 9.59 Å². The number of unbranched alkanes of at least 4 members (excludes halogenated alkanes) is 1. The minimum Gasteiger partial charge on any atom is -0.480 e. The van der Waals surface area contributed by atoms with Crippen LogP contribution in [0.15, 0.2) is 24.3 Å². The predicted octanol–water partition coefficient (Wildman–Crippen LogP) is 0.254. The maximum absolute atomic E-state index is 12.8. The minimum absolute atomic E-state index is 0.0918. The van der Waals surface area contributed by atoms with Crippen LogP contribution in [0.1, 0.15) is 29.6 Å². The Morgan fingerprint density at radius 2 is 1.83 bits per heavy atom. The number of carboxylic acids is 1. The van der Waals surface area contributed by atoms with E-state index in [1.807, 2.05) is 0 Å². The smallest absolute Gasteiger partial charge is 0.326 e. The maximum Gasteiger partial charge on any atom is 0.326 e. The van der Waals surface area contributed by atoms with E-state index in [2.05, 4.69) is 10.6 Å². The van der Waals surface area contributed by atoms with E-state index < -0.39 is 23.7 Å². The fourth-order valence-electron chi connectivity index (χ4n) is 1.87. The number of carbonyl (C=O) groups excluding carboxylic acids is 2. The lowest BCUT2D eigenvalue weighted by Crippen LogP contribution is -2.40. The van der Waals surface area contributed by atoms with Gasteiger partial charge in [0.2, 0.25) is 5.91 Å². The first-order valence-corrected chi connectivity index (χ1v) is 7.20. The zero-order chi connectivity index (χ0) is 17.2. The summed E-state index contributed by atoms with van der Waals surface area (Å²) < 4.78 is 12.8. The van der Waals surface area contributed by atoms with E-state index >= 15 is 0 Å². The number of hydrogen-bond donors (Lipinski definition) is 4. The van der Waals surface area contributed by atoms with Crippen LogP contribution in [0.25, 0.3) is 0 Å². The van der Waals surface area contributed by atoms with Crippen LogP contribution in [0.2, 0.25) is 0 Å². The molecule has 0 aromatic heterocycles. The lowest BCUT2D eigenvalue weighted by molar-refractivity contribution is -0.139. The Bertz CT molecular complexity index is 548. The molecule has 7 nitrogen and oxygen atoms in total. The lowest BCUT2D eigenvalue weighted by atomic mass is 10.1. The normalized spacial score (nSPS) is 11.6. The highest BCUT2D eigenvalue weighted by Crippen LogP contribution is 2.06. The van der Waals surface area contributed by atoms with Crippen molar-refractivity contribution >= 4 is 17.8 Å². The van der Waals surface area contributed by atoms with Crippen LogP contribution < -0.4 is 16.4 Å². The molecule has 0 heterocycles. The van der Waals surface area contributed by atoms with Crippen molar-refractivity contribution < 1.29 is 23.9 Å². The van der Waals surface area contributed by atoms with E-state index in [4.69, 9.17) is 10.8 Å². The van der Waals surface area contributed by atoms with E-state index in [9.17, 15) is 18.8 Å². The number of carboxylic acid groups (broad SMARTS) is 1. The average molecular weight is 325 g/mol. The standard InChI is InChI=1S/C15H20FN3O4/c16-11-6-4-10(5-7-11)14(21)19-12(15(22)23)3-1-2-8-18-13(20)9-17/h4-7,12H,1-3,8-9,17H2,(H,18,20)(H,19,21)(H,22,23)/t12-/m0/s1. The molecule has 2 amide bonds. The Morgan fingerprint density at radius 1 is 1.17 bits per heavy atom. The quantitative estimate of drug-likeness (QED) is 0.485. The number of benzene rings is 1. The highest BCUT2D eigenvalue weighted by atomic mass is 19.1. The molecule has 1 aromatic rings. The van der Waals surface area contributed by atoms with Gasteiger partial charge in [0.15, 0.2) is 0 Å². The minimum atomic E-state index is -1.15. The highest BCUT2D eigenvalue weighted by Gasteiger charge is 2.20. The Labute approximate surface area is 133 Å². The third kappa shape index (κ3) is 6.88. The van der Waals surface area contributed by atoms with Crippen molar-refractivity contribution in [3.8, 4) is 0 Å². The van der Waals surface area contributed by atoms with Gasteiger partial charge in [-0.25, -0.2) is 9.18 Å². The molecule has 0 aliphatic carbocycles. The number of amides is 2. The molecule has 0 bridgehead atoms. The molecule has 5 N–H and O–H groups in total. The van der Waals surface area contributed by atoms with E-state index in [-0.39, 0.29) is 24.4 Å². The summed E-state index contributed by atoms with van der Waals surface area (Å²) in [4.78, 5) is 34.0. The first kappa shape index (κ1) is 18.6. The fourth-order valence-corrected chi connectivity index (χ4v) is 1.87. The zero-order valence-electron chi connectivity index (χ0n) is 12.5. The molecule has 1 aromatic carbocycles. The maximum atomic E-state index is 12.8. The van der Waals surface area contributed by atoms with Gasteiger partial charge in [0.25, 0.3) is 5.91 Å².